The standard InChI is InChI=1S/C24H21NO7/c1-25-18-11-14(30-2)9-8-13(18)10-17(24(25)29)16(12-20(26)31-3)23-22(28)21(27)15-6-4-5-7-19(15)32-23/h4-11,16,28H,12H2,1-3H3/t16-/m0/s1. The van der Waals surface area contributed by atoms with Gasteiger partial charge < -0.3 is 23.6 Å². The van der Waals surface area contributed by atoms with Gasteiger partial charge in [0.15, 0.2) is 5.76 Å². The third-order valence-corrected chi connectivity index (χ3v) is 5.55. The van der Waals surface area contributed by atoms with Crippen LogP contribution in [0.3, 0.4) is 0 Å². The average molecular weight is 435 g/mol. The van der Waals surface area contributed by atoms with Crippen molar-refractivity contribution in [1.82, 2.24) is 4.57 Å². The Kier molecular flexibility index (Phi) is 5.44. The van der Waals surface area contributed by atoms with E-state index in [9.17, 15) is 19.5 Å². The summed E-state index contributed by atoms with van der Waals surface area (Å²) in [6.07, 6.45) is -0.303. The molecule has 1 atom stereocenters. The van der Waals surface area contributed by atoms with Gasteiger partial charge in [0.25, 0.3) is 5.56 Å². The average Bonchev–Trinajstić information content (AvgIpc) is 2.82. The Bertz CT molecular complexity index is 1470. The number of aromatic hydroxyl groups is 1. The Hall–Kier alpha value is -4.07. The van der Waals surface area contributed by atoms with E-state index in [0.29, 0.717) is 16.7 Å². The highest BCUT2D eigenvalue weighted by molar-refractivity contribution is 5.82. The molecule has 0 saturated heterocycles. The summed E-state index contributed by atoms with van der Waals surface area (Å²) in [5.41, 5.74) is -0.000142. The largest absolute Gasteiger partial charge is 0.502 e. The molecule has 0 radical (unpaired) electrons. The van der Waals surface area contributed by atoms with Gasteiger partial charge in [0.05, 0.1) is 37.5 Å². The third-order valence-electron chi connectivity index (χ3n) is 5.55. The van der Waals surface area contributed by atoms with Gasteiger partial charge in [-0.15, -0.1) is 0 Å². The Morgan fingerprint density at radius 2 is 1.88 bits per heavy atom. The van der Waals surface area contributed by atoms with Gasteiger partial charge in [-0.1, -0.05) is 12.1 Å². The van der Waals surface area contributed by atoms with Crippen molar-refractivity contribution < 1.29 is 23.8 Å². The second-order valence-electron chi connectivity index (χ2n) is 7.36. The van der Waals surface area contributed by atoms with E-state index >= 15 is 0 Å². The summed E-state index contributed by atoms with van der Waals surface area (Å²) in [6.45, 7) is 0. The van der Waals surface area contributed by atoms with Crippen molar-refractivity contribution in [2.45, 2.75) is 12.3 Å². The van der Waals surface area contributed by atoms with Crippen LogP contribution in [0.4, 0.5) is 0 Å². The van der Waals surface area contributed by atoms with E-state index in [0.717, 1.165) is 0 Å². The highest BCUT2D eigenvalue weighted by atomic mass is 16.5. The zero-order chi connectivity index (χ0) is 23.0. The van der Waals surface area contributed by atoms with Crippen LogP contribution in [0.2, 0.25) is 0 Å². The predicted octanol–water partition coefficient (Wildman–Crippen LogP) is 3.05. The van der Waals surface area contributed by atoms with Crippen molar-refractivity contribution in [2.24, 2.45) is 7.05 Å². The van der Waals surface area contributed by atoms with E-state index in [1.807, 2.05) is 0 Å². The number of nitrogens with zero attached hydrogens (tertiary/aromatic N) is 1. The Morgan fingerprint density at radius 1 is 1.12 bits per heavy atom. The number of carbonyl (C=O) groups excluding carboxylic acids is 1. The first-order chi connectivity index (χ1) is 15.3. The molecule has 1 N–H and O–H groups in total. The maximum absolute atomic E-state index is 13.3. The number of carbonyl (C=O) groups is 1. The molecular weight excluding hydrogens is 414 g/mol. The third kappa shape index (κ3) is 3.49. The number of hydrogen-bond acceptors (Lipinski definition) is 7. The van der Waals surface area contributed by atoms with E-state index in [-0.39, 0.29) is 28.7 Å². The monoisotopic (exact) mass is 435 g/mol. The minimum Gasteiger partial charge on any atom is -0.502 e. The van der Waals surface area contributed by atoms with Crippen molar-refractivity contribution in [2.75, 3.05) is 14.2 Å². The second kappa shape index (κ2) is 8.22. The molecule has 2 aromatic heterocycles. The molecule has 0 fully saturated rings. The first-order valence-electron chi connectivity index (χ1n) is 9.85. The van der Waals surface area contributed by atoms with Gasteiger partial charge >= 0.3 is 5.97 Å². The number of benzene rings is 2. The molecule has 32 heavy (non-hydrogen) atoms. The number of esters is 1. The summed E-state index contributed by atoms with van der Waals surface area (Å²) in [6, 6.07) is 13.3. The van der Waals surface area contributed by atoms with Crippen molar-refractivity contribution in [1.29, 1.82) is 0 Å². The molecule has 0 aliphatic heterocycles. The minimum atomic E-state index is -1.04. The second-order valence-corrected chi connectivity index (χ2v) is 7.36. The normalized spacial score (nSPS) is 12.1. The molecule has 8 heteroatoms. The van der Waals surface area contributed by atoms with Gasteiger partial charge in [-0.3, -0.25) is 14.4 Å². The van der Waals surface area contributed by atoms with Crippen LogP contribution in [-0.4, -0.2) is 29.9 Å². The highest BCUT2D eigenvalue weighted by Gasteiger charge is 2.30. The molecule has 2 heterocycles. The fraction of sp³-hybridized carbons (Fsp3) is 0.208. The van der Waals surface area contributed by atoms with E-state index < -0.39 is 28.6 Å². The molecule has 164 valence electrons. The van der Waals surface area contributed by atoms with Crippen LogP contribution >= 0.6 is 0 Å². The number of methoxy groups -OCH3 is 2. The molecule has 0 unspecified atom stereocenters. The molecule has 4 aromatic rings. The molecule has 8 nitrogen and oxygen atoms in total. The van der Waals surface area contributed by atoms with E-state index in [1.165, 1.54) is 24.9 Å². The topological polar surface area (TPSA) is 108 Å². The lowest BCUT2D eigenvalue weighted by Gasteiger charge is -2.18. The van der Waals surface area contributed by atoms with Crippen LogP contribution in [0.15, 0.2) is 62.5 Å². The van der Waals surface area contributed by atoms with Gasteiger partial charge in [-0.2, -0.15) is 0 Å². The van der Waals surface area contributed by atoms with E-state index in [4.69, 9.17) is 13.9 Å². The zero-order valence-corrected chi connectivity index (χ0v) is 17.7. The minimum absolute atomic E-state index is 0.163. The number of para-hydroxylation sites is 1. The fourth-order valence-corrected chi connectivity index (χ4v) is 3.82. The molecule has 4 rings (SSSR count). The number of aromatic nitrogens is 1. The summed E-state index contributed by atoms with van der Waals surface area (Å²) < 4.78 is 17.3. The molecular formula is C24H21NO7. The Morgan fingerprint density at radius 3 is 2.59 bits per heavy atom. The molecule has 0 bridgehead atoms. The quantitative estimate of drug-likeness (QED) is 0.480. The lowest BCUT2D eigenvalue weighted by molar-refractivity contribution is -0.140. The first-order valence-corrected chi connectivity index (χ1v) is 9.85. The smallest absolute Gasteiger partial charge is 0.306 e. The van der Waals surface area contributed by atoms with Crippen LogP contribution in [-0.2, 0) is 16.6 Å². The maximum atomic E-state index is 13.3. The molecule has 0 aliphatic carbocycles. The van der Waals surface area contributed by atoms with Gasteiger partial charge in [-0.05, 0) is 35.7 Å². The summed E-state index contributed by atoms with van der Waals surface area (Å²) in [7, 11) is 4.35. The first kappa shape index (κ1) is 21.2. The van der Waals surface area contributed by atoms with Gasteiger partial charge in [0, 0.05) is 18.7 Å². The van der Waals surface area contributed by atoms with Crippen molar-refractivity contribution in [3.8, 4) is 11.5 Å². The lowest BCUT2D eigenvalue weighted by atomic mass is 9.91. The number of fused-ring (bicyclic) bond motifs is 2. The van der Waals surface area contributed by atoms with Crippen LogP contribution in [0.25, 0.3) is 21.9 Å². The summed E-state index contributed by atoms with van der Waals surface area (Å²) in [5, 5.41) is 11.6. The molecule has 0 aliphatic rings. The summed E-state index contributed by atoms with van der Waals surface area (Å²) in [5.74, 6) is -1.88. The fourth-order valence-electron chi connectivity index (χ4n) is 3.82. The Balaban J connectivity index is 2.01. The number of aryl methyl sites for hydroxylation is 1. The molecule has 0 saturated carbocycles. The lowest BCUT2D eigenvalue weighted by Crippen LogP contribution is -2.26. The molecule has 2 aromatic carbocycles. The number of pyridine rings is 1. The molecule has 0 spiro atoms. The van der Waals surface area contributed by atoms with Gasteiger partial charge in [0.1, 0.15) is 11.3 Å². The summed E-state index contributed by atoms with van der Waals surface area (Å²) >= 11 is 0. The van der Waals surface area contributed by atoms with Gasteiger partial charge in [0.2, 0.25) is 11.2 Å². The van der Waals surface area contributed by atoms with Crippen LogP contribution in [0.1, 0.15) is 23.7 Å². The highest BCUT2D eigenvalue weighted by Crippen LogP contribution is 2.34. The van der Waals surface area contributed by atoms with Crippen LogP contribution < -0.4 is 15.7 Å². The predicted molar refractivity (Wildman–Crippen MR) is 118 cm³/mol. The number of rotatable bonds is 5. The maximum Gasteiger partial charge on any atom is 0.306 e. The van der Waals surface area contributed by atoms with Crippen LogP contribution in [0, 0.1) is 0 Å². The molecule has 0 amide bonds. The van der Waals surface area contributed by atoms with Crippen molar-refractivity contribution in [3.63, 3.8) is 0 Å². The number of hydrogen-bond donors (Lipinski definition) is 1. The van der Waals surface area contributed by atoms with E-state index in [2.05, 4.69) is 0 Å². The summed E-state index contributed by atoms with van der Waals surface area (Å²) in [4.78, 5) is 38.3. The number of ether oxygens (including phenoxy) is 2. The van der Waals surface area contributed by atoms with Gasteiger partial charge in [-0.25, -0.2) is 0 Å². The SMILES string of the molecule is COC(=O)C[C@H](c1oc2ccccc2c(=O)c1O)c1cc2ccc(OC)cc2n(C)c1=O. The van der Waals surface area contributed by atoms with Crippen LogP contribution in [0.5, 0.6) is 11.5 Å². The van der Waals surface area contributed by atoms with Crippen molar-refractivity contribution in [3.05, 3.63) is 80.4 Å². The van der Waals surface area contributed by atoms with Crippen molar-refractivity contribution >= 4 is 27.8 Å². The van der Waals surface area contributed by atoms with E-state index in [1.54, 1.807) is 49.5 Å². The Labute approximate surface area is 182 Å². The zero-order valence-electron chi connectivity index (χ0n) is 17.7.